The molecule has 0 aliphatic carbocycles. The Morgan fingerprint density at radius 1 is 1.27 bits per heavy atom. The highest BCUT2D eigenvalue weighted by atomic mass is 19.1. The van der Waals surface area contributed by atoms with Crippen molar-refractivity contribution in [3.8, 4) is 11.5 Å². The Balaban J connectivity index is 3.29. The zero-order valence-corrected chi connectivity index (χ0v) is 5.71. The fourth-order valence-corrected chi connectivity index (χ4v) is 0.793. The molecule has 11 heavy (non-hydrogen) atoms. The van der Waals surface area contributed by atoms with E-state index in [1.165, 1.54) is 6.07 Å². The predicted molar refractivity (Wildman–Crippen MR) is 37.6 cm³/mol. The molecule has 0 aliphatic heterocycles. The number of halogens is 1. The average molecular weight is 157 g/mol. The SMILES string of the molecule is NCc1c(O)ccc(O)c1F. The third kappa shape index (κ3) is 1.25. The van der Waals surface area contributed by atoms with Crippen molar-refractivity contribution in [1.82, 2.24) is 0 Å². The van der Waals surface area contributed by atoms with Crippen LogP contribution in [0.15, 0.2) is 12.1 Å². The van der Waals surface area contributed by atoms with Crippen LogP contribution in [0.2, 0.25) is 0 Å². The minimum atomic E-state index is -0.854. The van der Waals surface area contributed by atoms with Crippen LogP contribution < -0.4 is 5.73 Å². The zero-order valence-electron chi connectivity index (χ0n) is 5.71. The smallest absolute Gasteiger partial charge is 0.172 e. The molecule has 0 atom stereocenters. The maximum atomic E-state index is 12.8. The summed E-state index contributed by atoms with van der Waals surface area (Å²) in [7, 11) is 0. The van der Waals surface area contributed by atoms with Gasteiger partial charge in [0.25, 0.3) is 0 Å². The van der Waals surface area contributed by atoms with Gasteiger partial charge in [0.1, 0.15) is 5.75 Å². The zero-order chi connectivity index (χ0) is 8.43. The van der Waals surface area contributed by atoms with E-state index >= 15 is 0 Å². The van der Waals surface area contributed by atoms with Gasteiger partial charge in [-0.05, 0) is 12.1 Å². The van der Waals surface area contributed by atoms with Crippen molar-refractivity contribution in [3.63, 3.8) is 0 Å². The first-order valence-electron chi connectivity index (χ1n) is 3.06. The van der Waals surface area contributed by atoms with Crippen molar-refractivity contribution < 1.29 is 14.6 Å². The van der Waals surface area contributed by atoms with Gasteiger partial charge in [-0.15, -0.1) is 0 Å². The Bertz CT molecular complexity index is 275. The van der Waals surface area contributed by atoms with Crippen molar-refractivity contribution >= 4 is 0 Å². The van der Waals surface area contributed by atoms with Crippen LogP contribution in [0.25, 0.3) is 0 Å². The Morgan fingerprint density at radius 3 is 2.27 bits per heavy atom. The van der Waals surface area contributed by atoms with Crippen LogP contribution in [0.5, 0.6) is 11.5 Å². The fraction of sp³-hybridized carbons (Fsp3) is 0.143. The molecule has 0 fully saturated rings. The molecule has 60 valence electrons. The minimum Gasteiger partial charge on any atom is -0.508 e. The fourth-order valence-electron chi connectivity index (χ4n) is 0.793. The van der Waals surface area contributed by atoms with Crippen LogP contribution in [0.3, 0.4) is 0 Å². The molecule has 0 aliphatic rings. The summed E-state index contributed by atoms with van der Waals surface area (Å²) in [5, 5.41) is 17.8. The first kappa shape index (κ1) is 7.81. The highest BCUT2D eigenvalue weighted by Crippen LogP contribution is 2.26. The molecule has 3 nitrogen and oxygen atoms in total. The molecular formula is C7H8FNO2. The number of aromatic hydroxyl groups is 2. The molecule has 0 unspecified atom stereocenters. The molecule has 0 heterocycles. The van der Waals surface area contributed by atoms with E-state index in [0.29, 0.717) is 0 Å². The van der Waals surface area contributed by atoms with Gasteiger partial charge in [0.15, 0.2) is 11.6 Å². The molecule has 4 N–H and O–H groups in total. The number of hydrogen-bond donors (Lipinski definition) is 3. The summed E-state index contributed by atoms with van der Waals surface area (Å²) in [6.07, 6.45) is 0. The second kappa shape index (κ2) is 2.75. The van der Waals surface area contributed by atoms with Crippen LogP contribution in [0.4, 0.5) is 4.39 Å². The van der Waals surface area contributed by atoms with E-state index in [1.54, 1.807) is 0 Å². The summed E-state index contributed by atoms with van der Waals surface area (Å²) >= 11 is 0. The predicted octanol–water partition coefficient (Wildman–Crippen LogP) is 0.696. The molecule has 0 saturated heterocycles. The molecule has 0 radical (unpaired) electrons. The van der Waals surface area contributed by atoms with E-state index in [1.807, 2.05) is 0 Å². The summed E-state index contributed by atoms with van der Waals surface area (Å²) in [5.41, 5.74) is 5.04. The number of rotatable bonds is 1. The molecule has 1 aromatic carbocycles. The number of benzene rings is 1. The van der Waals surface area contributed by atoms with Crippen molar-refractivity contribution in [1.29, 1.82) is 0 Å². The first-order chi connectivity index (χ1) is 5.16. The lowest BCUT2D eigenvalue weighted by atomic mass is 10.2. The molecule has 4 heteroatoms. The van der Waals surface area contributed by atoms with Gasteiger partial charge in [0, 0.05) is 12.1 Å². The van der Waals surface area contributed by atoms with E-state index in [4.69, 9.17) is 15.9 Å². The van der Waals surface area contributed by atoms with Crippen LogP contribution in [0, 0.1) is 5.82 Å². The number of phenols is 2. The highest BCUT2D eigenvalue weighted by molar-refractivity contribution is 5.40. The van der Waals surface area contributed by atoms with Crippen molar-refractivity contribution in [2.75, 3.05) is 0 Å². The van der Waals surface area contributed by atoms with Gasteiger partial charge in [-0.3, -0.25) is 0 Å². The normalized spacial score (nSPS) is 10.0. The lowest BCUT2D eigenvalue weighted by molar-refractivity contribution is 0.413. The van der Waals surface area contributed by atoms with E-state index in [2.05, 4.69) is 0 Å². The summed E-state index contributed by atoms with van der Waals surface area (Å²) in [6, 6.07) is 2.27. The molecule has 0 bridgehead atoms. The summed E-state index contributed by atoms with van der Waals surface area (Å²) in [6.45, 7) is -0.133. The van der Waals surface area contributed by atoms with E-state index in [0.717, 1.165) is 6.07 Å². The van der Waals surface area contributed by atoms with Gasteiger partial charge in [0.2, 0.25) is 0 Å². The van der Waals surface area contributed by atoms with Crippen LogP contribution >= 0.6 is 0 Å². The third-order valence-electron chi connectivity index (χ3n) is 1.40. The van der Waals surface area contributed by atoms with Gasteiger partial charge in [-0.2, -0.15) is 0 Å². The minimum absolute atomic E-state index is 0.0648. The molecule has 0 aromatic heterocycles. The number of phenolic OH excluding ortho intramolecular Hbond substituents is 2. The quantitative estimate of drug-likeness (QED) is 0.525. The lowest BCUT2D eigenvalue weighted by Gasteiger charge is -2.03. The van der Waals surface area contributed by atoms with E-state index in [-0.39, 0.29) is 17.9 Å². The second-order valence-corrected chi connectivity index (χ2v) is 2.10. The van der Waals surface area contributed by atoms with Gasteiger partial charge in [-0.25, -0.2) is 4.39 Å². The van der Waals surface area contributed by atoms with Gasteiger partial charge < -0.3 is 15.9 Å². The molecule has 1 aromatic rings. The first-order valence-corrected chi connectivity index (χ1v) is 3.06. The van der Waals surface area contributed by atoms with Crippen LogP contribution in [0.1, 0.15) is 5.56 Å². The third-order valence-corrected chi connectivity index (χ3v) is 1.40. The summed E-state index contributed by atoms with van der Waals surface area (Å²) < 4.78 is 12.8. The molecule has 1 rings (SSSR count). The van der Waals surface area contributed by atoms with Gasteiger partial charge in [0.05, 0.1) is 0 Å². The molecular weight excluding hydrogens is 149 g/mol. The monoisotopic (exact) mass is 157 g/mol. The van der Waals surface area contributed by atoms with Crippen LogP contribution in [-0.4, -0.2) is 10.2 Å². The Hall–Kier alpha value is -1.29. The standard InChI is InChI=1S/C7H8FNO2/c8-7-4(3-9)5(10)1-2-6(7)11/h1-2,10-11H,3,9H2. The van der Waals surface area contributed by atoms with Crippen LogP contribution in [-0.2, 0) is 6.54 Å². The van der Waals surface area contributed by atoms with Crippen molar-refractivity contribution in [3.05, 3.63) is 23.5 Å². The molecule has 0 saturated carbocycles. The Morgan fingerprint density at radius 2 is 1.82 bits per heavy atom. The Labute approximate surface area is 62.9 Å². The largest absolute Gasteiger partial charge is 0.508 e. The number of nitrogens with two attached hydrogens (primary N) is 1. The number of hydrogen-bond acceptors (Lipinski definition) is 3. The maximum absolute atomic E-state index is 12.8. The molecule has 0 amide bonds. The molecule has 0 spiro atoms. The highest BCUT2D eigenvalue weighted by Gasteiger charge is 2.09. The average Bonchev–Trinajstić information content (AvgIpc) is 1.99. The maximum Gasteiger partial charge on any atom is 0.172 e. The topological polar surface area (TPSA) is 66.5 Å². The van der Waals surface area contributed by atoms with Gasteiger partial charge >= 0.3 is 0 Å². The van der Waals surface area contributed by atoms with Crippen molar-refractivity contribution in [2.24, 2.45) is 5.73 Å². The summed E-state index contributed by atoms with van der Waals surface area (Å²) in [5.74, 6) is -1.58. The van der Waals surface area contributed by atoms with E-state index in [9.17, 15) is 4.39 Å². The second-order valence-electron chi connectivity index (χ2n) is 2.10. The van der Waals surface area contributed by atoms with E-state index < -0.39 is 11.6 Å². The van der Waals surface area contributed by atoms with Crippen molar-refractivity contribution in [2.45, 2.75) is 6.54 Å². The summed E-state index contributed by atoms with van der Waals surface area (Å²) in [4.78, 5) is 0. The Kier molecular flexibility index (Phi) is 1.96. The van der Waals surface area contributed by atoms with Gasteiger partial charge in [-0.1, -0.05) is 0 Å². The lowest BCUT2D eigenvalue weighted by Crippen LogP contribution is -2.00.